The number of carbonyl (C=O) groups is 2. The van der Waals surface area contributed by atoms with Gasteiger partial charge in [0.1, 0.15) is 23.7 Å². The van der Waals surface area contributed by atoms with Crippen LogP contribution >= 0.6 is 0 Å². The predicted octanol–water partition coefficient (Wildman–Crippen LogP) is 3.01. The first-order valence-corrected chi connectivity index (χ1v) is 8.17. The van der Waals surface area contributed by atoms with Crippen molar-refractivity contribution in [3.8, 4) is 0 Å². The summed E-state index contributed by atoms with van der Waals surface area (Å²) < 4.78 is 26.9. The van der Waals surface area contributed by atoms with Crippen LogP contribution in [0.2, 0.25) is 0 Å². The van der Waals surface area contributed by atoms with Gasteiger partial charge in [-0.1, -0.05) is 0 Å². The molecule has 134 valence electrons. The number of aryl methyl sites for hydroxylation is 1. The summed E-state index contributed by atoms with van der Waals surface area (Å²) in [6, 6.07) is 2.58. The number of nitrogens with two attached hydrogens (primary N) is 1. The van der Waals surface area contributed by atoms with Crippen LogP contribution in [0, 0.1) is 25.5 Å². The molecule has 3 N–H and O–H groups in total. The fraction of sp³-hybridized carbons (Fsp3) is 0.368. The van der Waals surface area contributed by atoms with Gasteiger partial charge in [-0.05, 0) is 52.3 Å². The van der Waals surface area contributed by atoms with E-state index in [1.54, 1.807) is 33.0 Å². The molecule has 4 nitrogen and oxygen atoms in total. The molecule has 0 aliphatic heterocycles. The van der Waals surface area contributed by atoms with E-state index >= 15 is 0 Å². The fourth-order valence-corrected chi connectivity index (χ4v) is 3.25. The number of hydrogen-bond acceptors (Lipinski definition) is 2. The van der Waals surface area contributed by atoms with Gasteiger partial charge in [0.25, 0.3) is 0 Å². The van der Waals surface area contributed by atoms with Crippen LogP contribution in [0.3, 0.4) is 0 Å². The number of halogens is 2. The monoisotopic (exact) mass is 349 g/mol. The summed E-state index contributed by atoms with van der Waals surface area (Å²) in [5.74, 6) is -1.52. The van der Waals surface area contributed by atoms with Gasteiger partial charge in [0.15, 0.2) is 5.78 Å². The van der Waals surface area contributed by atoms with Gasteiger partial charge < -0.3 is 10.3 Å². The van der Waals surface area contributed by atoms with Crippen molar-refractivity contribution in [2.75, 3.05) is 0 Å². The molecule has 2 rings (SSSR count). The van der Waals surface area contributed by atoms with Crippen LogP contribution in [-0.4, -0.2) is 22.6 Å². The van der Waals surface area contributed by atoms with Crippen LogP contribution in [0.1, 0.15) is 64.5 Å². The first-order chi connectivity index (χ1) is 11.6. The Labute approximate surface area is 145 Å². The topological polar surface area (TPSA) is 66.5 Å². The van der Waals surface area contributed by atoms with Gasteiger partial charge in [-0.3, -0.25) is 9.59 Å². The zero-order chi connectivity index (χ0) is 18.9. The van der Waals surface area contributed by atoms with Gasteiger partial charge in [-0.2, -0.15) is 0 Å². The highest BCUT2D eigenvalue weighted by molar-refractivity contribution is 6.04. The van der Waals surface area contributed by atoms with Gasteiger partial charge >= 0.3 is 0 Å². The molecule has 1 aromatic heterocycles. The molecule has 0 saturated carbocycles. The van der Waals surface area contributed by atoms with Gasteiger partial charge in [-0.25, -0.2) is 8.78 Å². The summed E-state index contributed by atoms with van der Waals surface area (Å²) >= 11 is 0. The quantitative estimate of drug-likeness (QED) is 0.787. The lowest BCUT2D eigenvalue weighted by atomic mass is 10.0. The highest BCUT2D eigenvalue weighted by Crippen LogP contribution is 2.20. The standard InChI is InChI=1S/C19H22F2N2O2/c1-9-17(13(5)24)11(3)23-18(9)19(25)12(4)22-10(2)15-7-6-14(20)8-16(15)21/h6-8,10,12,22-23H,1-5H3/p+1/t10-,12-/m0/s1. The maximum absolute atomic E-state index is 13.9. The van der Waals surface area contributed by atoms with Crippen LogP contribution in [0.4, 0.5) is 8.78 Å². The van der Waals surface area contributed by atoms with E-state index in [4.69, 9.17) is 0 Å². The van der Waals surface area contributed by atoms with Crippen LogP contribution in [-0.2, 0) is 0 Å². The molecule has 0 saturated heterocycles. The first kappa shape index (κ1) is 19.0. The third-order valence-electron chi connectivity index (χ3n) is 4.48. The SMILES string of the molecule is CC(=O)c1c(C)[nH]c(C(=O)[C@H](C)[NH2+][C@@H](C)c2ccc(F)cc2F)c1C. The second-order valence-corrected chi connectivity index (χ2v) is 6.48. The van der Waals surface area contributed by atoms with E-state index in [0.717, 1.165) is 6.07 Å². The Kier molecular flexibility index (Phi) is 5.52. The Balaban J connectivity index is 2.20. The Morgan fingerprint density at radius 2 is 1.80 bits per heavy atom. The average Bonchev–Trinajstić information content (AvgIpc) is 2.80. The predicted molar refractivity (Wildman–Crippen MR) is 90.8 cm³/mol. The van der Waals surface area contributed by atoms with Crippen LogP contribution in [0.15, 0.2) is 18.2 Å². The Hall–Kier alpha value is -2.34. The lowest BCUT2D eigenvalue weighted by Gasteiger charge is -2.17. The second-order valence-electron chi connectivity index (χ2n) is 6.48. The number of nitrogens with one attached hydrogen (secondary N) is 1. The van der Waals surface area contributed by atoms with Crippen molar-refractivity contribution in [1.29, 1.82) is 0 Å². The molecular formula is C19H23F2N2O2+. The number of hydrogen-bond donors (Lipinski definition) is 2. The maximum atomic E-state index is 13.9. The number of Topliss-reactive ketones (excluding diaryl/α,β-unsaturated/α-hetero) is 2. The lowest BCUT2D eigenvalue weighted by Crippen LogP contribution is -2.91. The number of carbonyl (C=O) groups excluding carboxylic acids is 2. The Bertz CT molecular complexity index is 827. The van der Waals surface area contributed by atoms with Gasteiger partial charge in [0.2, 0.25) is 5.78 Å². The zero-order valence-corrected chi connectivity index (χ0v) is 15.0. The van der Waals surface area contributed by atoms with Crippen molar-refractivity contribution in [3.63, 3.8) is 0 Å². The summed E-state index contributed by atoms with van der Waals surface area (Å²) in [4.78, 5) is 27.4. The van der Waals surface area contributed by atoms with E-state index in [1.807, 2.05) is 0 Å². The first-order valence-electron chi connectivity index (χ1n) is 8.17. The minimum Gasteiger partial charge on any atom is -0.355 e. The average molecular weight is 349 g/mol. The maximum Gasteiger partial charge on any atom is 0.235 e. The Morgan fingerprint density at radius 3 is 2.32 bits per heavy atom. The third-order valence-corrected chi connectivity index (χ3v) is 4.48. The van der Waals surface area contributed by atoms with Gasteiger partial charge in [-0.15, -0.1) is 0 Å². The Morgan fingerprint density at radius 1 is 1.16 bits per heavy atom. The molecule has 0 radical (unpaired) electrons. The van der Waals surface area contributed by atoms with Crippen LogP contribution in [0.5, 0.6) is 0 Å². The number of H-pyrrole nitrogens is 1. The summed E-state index contributed by atoms with van der Waals surface area (Å²) in [6.07, 6.45) is 0. The summed E-state index contributed by atoms with van der Waals surface area (Å²) in [5.41, 5.74) is 2.57. The summed E-state index contributed by atoms with van der Waals surface area (Å²) in [6.45, 7) is 8.44. The van der Waals surface area contributed by atoms with E-state index in [0.29, 0.717) is 28.1 Å². The smallest absolute Gasteiger partial charge is 0.235 e. The molecule has 6 heteroatoms. The molecule has 0 spiro atoms. The molecule has 2 atom stereocenters. The second kappa shape index (κ2) is 7.27. The molecule has 0 amide bonds. The summed E-state index contributed by atoms with van der Waals surface area (Å²) in [7, 11) is 0. The molecule has 0 bridgehead atoms. The highest BCUT2D eigenvalue weighted by Gasteiger charge is 2.27. The van der Waals surface area contributed by atoms with Crippen molar-refractivity contribution in [1.82, 2.24) is 4.98 Å². The normalized spacial score (nSPS) is 13.6. The van der Waals surface area contributed by atoms with Crippen molar-refractivity contribution in [2.45, 2.75) is 46.7 Å². The number of rotatable bonds is 6. The number of ketones is 2. The molecule has 0 fully saturated rings. The van der Waals surface area contributed by atoms with Crippen molar-refractivity contribution >= 4 is 11.6 Å². The number of quaternary nitrogens is 1. The van der Waals surface area contributed by atoms with Crippen molar-refractivity contribution < 1.29 is 23.7 Å². The van der Waals surface area contributed by atoms with Crippen LogP contribution < -0.4 is 5.32 Å². The molecule has 1 aromatic carbocycles. The fourth-order valence-electron chi connectivity index (χ4n) is 3.25. The van der Waals surface area contributed by atoms with Crippen molar-refractivity contribution in [2.24, 2.45) is 0 Å². The van der Waals surface area contributed by atoms with E-state index < -0.39 is 17.7 Å². The minimum absolute atomic E-state index is 0.0938. The number of benzene rings is 1. The van der Waals surface area contributed by atoms with E-state index in [9.17, 15) is 18.4 Å². The zero-order valence-electron chi connectivity index (χ0n) is 15.0. The molecule has 0 unspecified atom stereocenters. The van der Waals surface area contributed by atoms with Gasteiger partial charge in [0, 0.05) is 22.9 Å². The van der Waals surface area contributed by atoms with Crippen molar-refractivity contribution in [3.05, 3.63) is 57.9 Å². The third kappa shape index (κ3) is 3.85. The van der Waals surface area contributed by atoms with Gasteiger partial charge in [0.05, 0.1) is 5.69 Å². The molecular weight excluding hydrogens is 326 g/mol. The lowest BCUT2D eigenvalue weighted by molar-refractivity contribution is -0.709. The summed E-state index contributed by atoms with van der Waals surface area (Å²) in [5, 5.41) is 1.72. The molecule has 25 heavy (non-hydrogen) atoms. The van der Waals surface area contributed by atoms with E-state index in [2.05, 4.69) is 4.98 Å². The van der Waals surface area contributed by atoms with E-state index in [1.165, 1.54) is 19.1 Å². The van der Waals surface area contributed by atoms with Crippen LogP contribution in [0.25, 0.3) is 0 Å². The molecule has 0 aliphatic carbocycles. The molecule has 2 aromatic rings. The number of aromatic amines is 1. The largest absolute Gasteiger partial charge is 0.355 e. The minimum atomic E-state index is -0.633. The molecule has 1 heterocycles. The number of aromatic nitrogens is 1. The highest BCUT2D eigenvalue weighted by atomic mass is 19.1. The molecule has 0 aliphatic rings. The van der Waals surface area contributed by atoms with E-state index in [-0.39, 0.29) is 17.6 Å².